The number of nitrogens with one attached hydrogen (secondary N) is 2. The maximum atomic E-state index is 12.2. The Morgan fingerprint density at radius 1 is 1.09 bits per heavy atom. The molecule has 1 fully saturated rings. The number of rotatable bonds is 3. The first kappa shape index (κ1) is 13.3. The van der Waals surface area contributed by atoms with E-state index in [1.54, 1.807) is 6.08 Å². The van der Waals surface area contributed by atoms with Crippen LogP contribution in [0.4, 0.5) is 0 Å². The van der Waals surface area contributed by atoms with Crippen molar-refractivity contribution in [1.29, 1.82) is 0 Å². The van der Waals surface area contributed by atoms with Crippen molar-refractivity contribution in [3.63, 3.8) is 0 Å². The Balaban J connectivity index is 1.73. The highest BCUT2D eigenvalue weighted by molar-refractivity contribution is 6.10. The van der Waals surface area contributed by atoms with Gasteiger partial charge in [0.15, 0.2) is 5.78 Å². The number of aromatic amines is 1. The largest absolute Gasteiger partial charge is 0.354 e. The van der Waals surface area contributed by atoms with Gasteiger partial charge in [0.25, 0.3) is 0 Å². The van der Waals surface area contributed by atoms with Crippen LogP contribution in [-0.4, -0.2) is 23.4 Å². The fourth-order valence-electron chi connectivity index (χ4n) is 3.25. The number of ketones is 1. The van der Waals surface area contributed by atoms with Crippen LogP contribution in [0.2, 0.25) is 0 Å². The number of carbonyl (C=O) groups is 1. The molecule has 1 aromatic heterocycles. The highest BCUT2D eigenvalue weighted by Crippen LogP contribution is 2.28. The second kappa shape index (κ2) is 5.43. The quantitative estimate of drug-likeness (QED) is 0.723. The molecule has 0 amide bonds. The van der Waals surface area contributed by atoms with Crippen LogP contribution in [0.25, 0.3) is 27.9 Å². The summed E-state index contributed by atoms with van der Waals surface area (Å²) in [6.45, 7) is 0.946. The molecular formula is C19H18N2O. The molecule has 2 heterocycles. The van der Waals surface area contributed by atoms with E-state index in [-0.39, 0.29) is 11.8 Å². The normalized spacial score (nSPS) is 18.6. The van der Waals surface area contributed by atoms with Crippen molar-refractivity contribution in [1.82, 2.24) is 10.3 Å². The lowest BCUT2D eigenvalue weighted by atomic mass is 10.1. The summed E-state index contributed by atoms with van der Waals surface area (Å²) in [4.78, 5) is 15.6. The maximum absolute atomic E-state index is 12.2. The third kappa shape index (κ3) is 2.24. The van der Waals surface area contributed by atoms with Gasteiger partial charge in [0.2, 0.25) is 0 Å². The minimum absolute atomic E-state index is 0.00170. The lowest BCUT2D eigenvalue weighted by Gasteiger charge is -2.04. The standard InChI is InChI=1S/C19H18N2O/c22-18(17-9-4-12-20-17)11-10-13-5-3-7-15-14-6-1-2-8-16(14)21-19(13)15/h1-3,5-8,10-11,17,20-21H,4,9,12H2/t17-/m0/s1. The average molecular weight is 290 g/mol. The molecule has 3 nitrogen and oxygen atoms in total. The van der Waals surface area contributed by atoms with Crippen LogP contribution in [0.3, 0.4) is 0 Å². The van der Waals surface area contributed by atoms with Crippen LogP contribution < -0.4 is 5.32 Å². The lowest BCUT2D eigenvalue weighted by molar-refractivity contribution is -0.116. The van der Waals surface area contributed by atoms with Crippen molar-refractivity contribution < 1.29 is 4.79 Å². The van der Waals surface area contributed by atoms with Gasteiger partial charge in [-0.15, -0.1) is 0 Å². The minimum Gasteiger partial charge on any atom is -0.354 e. The van der Waals surface area contributed by atoms with E-state index in [1.807, 2.05) is 30.3 Å². The number of fused-ring (bicyclic) bond motifs is 3. The first-order valence-corrected chi connectivity index (χ1v) is 7.78. The van der Waals surface area contributed by atoms with E-state index in [1.165, 1.54) is 10.8 Å². The van der Waals surface area contributed by atoms with Gasteiger partial charge in [-0.3, -0.25) is 4.79 Å². The summed E-state index contributed by atoms with van der Waals surface area (Å²) in [5.74, 6) is 0.172. The second-order valence-corrected chi connectivity index (χ2v) is 5.83. The molecule has 1 aliphatic rings. The van der Waals surface area contributed by atoms with Gasteiger partial charge in [0, 0.05) is 16.3 Å². The molecule has 2 aromatic carbocycles. The Kier molecular flexibility index (Phi) is 3.28. The zero-order chi connectivity index (χ0) is 14.9. The summed E-state index contributed by atoms with van der Waals surface area (Å²) >= 11 is 0. The van der Waals surface area contributed by atoms with Gasteiger partial charge in [-0.05, 0) is 43.2 Å². The highest BCUT2D eigenvalue weighted by atomic mass is 16.1. The van der Waals surface area contributed by atoms with Gasteiger partial charge in [-0.2, -0.15) is 0 Å². The number of hydrogen-bond donors (Lipinski definition) is 2. The predicted molar refractivity (Wildman–Crippen MR) is 90.9 cm³/mol. The van der Waals surface area contributed by atoms with E-state index in [2.05, 4.69) is 28.5 Å². The third-order valence-electron chi connectivity index (χ3n) is 4.40. The van der Waals surface area contributed by atoms with Crippen LogP contribution in [-0.2, 0) is 4.79 Å². The maximum Gasteiger partial charge on any atom is 0.172 e. The van der Waals surface area contributed by atoms with Crippen LogP contribution in [0.5, 0.6) is 0 Å². The van der Waals surface area contributed by atoms with E-state index in [4.69, 9.17) is 0 Å². The first-order chi connectivity index (χ1) is 10.8. The third-order valence-corrected chi connectivity index (χ3v) is 4.40. The van der Waals surface area contributed by atoms with Crippen molar-refractivity contribution in [2.24, 2.45) is 0 Å². The SMILES string of the molecule is O=C(C=Cc1cccc2c1[nH]c1ccccc12)[C@@H]1CCCN1. The summed E-state index contributed by atoms with van der Waals surface area (Å²) in [6.07, 6.45) is 5.67. The molecule has 3 heteroatoms. The van der Waals surface area contributed by atoms with Gasteiger partial charge in [-0.25, -0.2) is 0 Å². The molecule has 0 unspecified atom stereocenters. The smallest absolute Gasteiger partial charge is 0.172 e. The van der Waals surface area contributed by atoms with Gasteiger partial charge in [0.1, 0.15) is 0 Å². The van der Waals surface area contributed by atoms with Crippen LogP contribution in [0.1, 0.15) is 18.4 Å². The summed E-state index contributed by atoms with van der Waals surface area (Å²) in [5.41, 5.74) is 3.27. The molecule has 0 saturated carbocycles. The summed E-state index contributed by atoms with van der Waals surface area (Å²) in [6, 6.07) is 14.5. The molecule has 0 spiro atoms. The van der Waals surface area contributed by atoms with Crippen LogP contribution in [0, 0.1) is 0 Å². The van der Waals surface area contributed by atoms with Gasteiger partial charge < -0.3 is 10.3 Å². The van der Waals surface area contributed by atoms with Crippen molar-refractivity contribution in [2.75, 3.05) is 6.54 Å². The van der Waals surface area contributed by atoms with E-state index < -0.39 is 0 Å². The molecule has 1 atom stereocenters. The number of carbonyl (C=O) groups excluding carboxylic acids is 1. The zero-order valence-electron chi connectivity index (χ0n) is 12.3. The zero-order valence-corrected chi connectivity index (χ0v) is 12.3. The average Bonchev–Trinajstić information content (AvgIpc) is 3.20. The first-order valence-electron chi connectivity index (χ1n) is 7.78. The van der Waals surface area contributed by atoms with Crippen molar-refractivity contribution in [2.45, 2.75) is 18.9 Å². The molecule has 4 rings (SSSR count). The summed E-state index contributed by atoms with van der Waals surface area (Å²) < 4.78 is 0. The van der Waals surface area contributed by atoms with E-state index in [0.717, 1.165) is 36.0 Å². The Labute approximate surface area is 129 Å². The lowest BCUT2D eigenvalue weighted by Crippen LogP contribution is -2.29. The number of H-pyrrole nitrogens is 1. The molecule has 2 N–H and O–H groups in total. The molecule has 3 aromatic rings. The van der Waals surface area contributed by atoms with E-state index in [0.29, 0.717) is 0 Å². The fourth-order valence-corrected chi connectivity index (χ4v) is 3.25. The van der Waals surface area contributed by atoms with Crippen molar-refractivity contribution in [3.8, 4) is 0 Å². The topological polar surface area (TPSA) is 44.9 Å². The predicted octanol–water partition coefficient (Wildman–Crippen LogP) is 3.66. The molecule has 0 radical (unpaired) electrons. The monoisotopic (exact) mass is 290 g/mol. The molecule has 0 aliphatic carbocycles. The van der Waals surface area contributed by atoms with Gasteiger partial charge in [0.05, 0.1) is 11.6 Å². The molecule has 1 saturated heterocycles. The fraction of sp³-hybridized carbons (Fsp3) is 0.211. The van der Waals surface area contributed by atoms with Crippen LogP contribution in [0.15, 0.2) is 48.5 Å². The van der Waals surface area contributed by atoms with Gasteiger partial charge >= 0.3 is 0 Å². The Bertz CT molecular complexity index is 869. The Hall–Kier alpha value is -2.39. The van der Waals surface area contributed by atoms with Gasteiger partial charge in [-0.1, -0.05) is 36.4 Å². The van der Waals surface area contributed by atoms with Crippen molar-refractivity contribution in [3.05, 3.63) is 54.1 Å². The summed E-state index contributed by atoms with van der Waals surface area (Å²) in [7, 11) is 0. The molecule has 1 aliphatic heterocycles. The minimum atomic E-state index is -0.00170. The number of aromatic nitrogens is 1. The van der Waals surface area contributed by atoms with Crippen molar-refractivity contribution >= 4 is 33.7 Å². The highest BCUT2D eigenvalue weighted by Gasteiger charge is 2.19. The molecule has 0 bridgehead atoms. The second-order valence-electron chi connectivity index (χ2n) is 5.83. The van der Waals surface area contributed by atoms with E-state index in [9.17, 15) is 4.79 Å². The number of benzene rings is 2. The van der Waals surface area contributed by atoms with Crippen LogP contribution >= 0.6 is 0 Å². The number of hydrogen-bond acceptors (Lipinski definition) is 2. The van der Waals surface area contributed by atoms with E-state index >= 15 is 0 Å². The Morgan fingerprint density at radius 3 is 2.82 bits per heavy atom. The summed E-state index contributed by atoms with van der Waals surface area (Å²) in [5, 5.41) is 5.66. The Morgan fingerprint density at radius 2 is 1.95 bits per heavy atom. The molecular weight excluding hydrogens is 272 g/mol. The molecule has 22 heavy (non-hydrogen) atoms. The number of para-hydroxylation sites is 2. The molecule has 110 valence electrons.